The SMILES string of the molecule is C=CCOC(=O)C1=C(C)Nc2nc(SCc3ccccc3Cl)nn2C1c1ccccc1[N+](=O)[O-]. The van der Waals surface area contributed by atoms with Crippen LogP contribution in [0.5, 0.6) is 0 Å². The Kier molecular flexibility index (Phi) is 6.99. The summed E-state index contributed by atoms with van der Waals surface area (Å²) in [5.41, 5.74) is 1.76. The number of carbonyl (C=O) groups is 1. The van der Waals surface area contributed by atoms with Gasteiger partial charge in [0.15, 0.2) is 0 Å². The van der Waals surface area contributed by atoms with Crippen LogP contribution in [0.3, 0.4) is 0 Å². The molecule has 1 atom stereocenters. The van der Waals surface area contributed by atoms with Gasteiger partial charge < -0.3 is 10.1 Å². The van der Waals surface area contributed by atoms with Crippen LogP contribution in [-0.4, -0.2) is 32.3 Å². The number of nitro groups is 1. The second-order valence-corrected chi connectivity index (χ2v) is 8.66. The minimum absolute atomic E-state index is 0.00235. The van der Waals surface area contributed by atoms with E-state index in [0.29, 0.717) is 33.1 Å². The first kappa shape index (κ1) is 23.5. The van der Waals surface area contributed by atoms with Crippen molar-refractivity contribution in [2.24, 2.45) is 0 Å². The van der Waals surface area contributed by atoms with Gasteiger partial charge in [-0.25, -0.2) is 9.48 Å². The molecule has 0 spiro atoms. The highest BCUT2D eigenvalue weighted by molar-refractivity contribution is 7.98. The standard InChI is InChI=1S/C23H20ClN5O4S/c1-3-12-33-21(30)19-14(2)25-22-26-23(34-13-15-8-4-6-10-17(15)24)27-28(22)20(19)16-9-5-7-11-18(16)29(31)32/h3-11,20H,1,12-13H2,2H3,(H,25,26,27). The maximum Gasteiger partial charge on any atom is 0.338 e. The summed E-state index contributed by atoms with van der Waals surface area (Å²) in [6, 6.07) is 12.8. The molecule has 0 saturated heterocycles. The van der Waals surface area contributed by atoms with E-state index in [1.54, 1.807) is 25.1 Å². The summed E-state index contributed by atoms with van der Waals surface area (Å²) in [6.45, 7) is 5.26. The summed E-state index contributed by atoms with van der Waals surface area (Å²) >= 11 is 7.62. The Hall–Kier alpha value is -3.63. The number of nitro benzene ring substituents is 1. The maximum atomic E-state index is 13.0. The number of rotatable bonds is 8. The van der Waals surface area contributed by atoms with E-state index in [2.05, 4.69) is 22.0 Å². The molecule has 1 aliphatic heterocycles. The van der Waals surface area contributed by atoms with Gasteiger partial charge in [0, 0.05) is 22.5 Å². The van der Waals surface area contributed by atoms with Gasteiger partial charge in [0.1, 0.15) is 12.6 Å². The molecule has 174 valence electrons. The molecule has 4 rings (SSSR count). The van der Waals surface area contributed by atoms with Crippen LogP contribution in [0.1, 0.15) is 24.1 Å². The van der Waals surface area contributed by atoms with E-state index < -0.39 is 16.9 Å². The van der Waals surface area contributed by atoms with Gasteiger partial charge in [-0.15, -0.1) is 5.10 Å². The van der Waals surface area contributed by atoms with Crippen LogP contribution in [0.25, 0.3) is 0 Å². The van der Waals surface area contributed by atoms with E-state index >= 15 is 0 Å². The van der Waals surface area contributed by atoms with E-state index in [0.717, 1.165) is 5.56 Å². The number of para-hydroxylation sites is 1. The molecule has 0 bridgehead atoms. The summed E-state index contributed by atoms with van der Waals surface area (Å²) < 4.78 is 6.77. The molecule has 0 fully saturated rings. The predicted molar refractivity (Wildman–Crippen MR) is 130 cm³/mol. The number of halogens is 1. The fourth-order valence-electron chi connectivity index (χ4n) is 3.60. The fraction of sp³-hybridized carbons (Fsp3) is 0.174. The van der Waals surface area contributed by atoms with E-state index in [4.69, 9.17) is 16.3 Å². The van der Waals surface area contributed by atoms with Gasteiger partial charge in [-0.1, -0.05) is 66.3 Å². The smallest absolute Gasteiger partial charge is 0.338 e. The van der Waals surface area contributed by atoms with E-state index in [1.807, 2.05) is 24.3 Å². The third-order valence-corrected chi connectivity index (χ3v) is 6.38. The Morgan fingerprint density at radius 2 is 2.06 bits per heavy atom. The highest BCUT2D eigenvalue weighted by Crippen LogP contribution is 2.40. The third kappa shape index (κ3) is 4.68. The summed E-state index contributed by atoms with van der Waals surface area (Å²) in [5.74, 6) is 0.266. The number of fused-ring (bicyclic) bond motifs is 1. The molecule has 0 radical (unpaired) electrons. The van der Waals surface area contributed by atoms with E-state index in [9.17, 15) is 14.9 Å². The highest BCUT2D eigenvalue weighted by atomic mass is 35.5. The maximum absolute atomic E-state index is 13.0. The number of hydrogen-bond acceptors (Lipinski definition) is 8. The van der Waals surface area contributed by atoms with Crippen molar-refractivity contribution < 1.29 is 14.5 Å². The Morgan fingerprint density at radius 1 is 1.32 bits per heavy atom. The zero-order valence-corrected chi connectivity index (χ0v) is 19.7. The van der Waals surface area contributed by atoms with E-state index in [-0.39, 0.29) is 17.9 Å². The summed E-state index contributed by atoms with van der Waals surface area (Å²) in [4.78, 5) is 28.8. The van der Waals surface area contributed by atoms with Gasteiger partial charge in [0.25, 0.3) is 5.69 Å². The van der Waals surface area contributed by atoms with Crippen molar-refractivity contribution in [2.75, 3.05) is 11.9 Å². The first-order chi connectivity index (χ1) is 16.4. The number of carbonyl (C=O) groups excluding carboxylic acids is 1. The minimum Gasteiger partial charge on any atom is -0.458 e. The lowest BCUT2D eigenvalue weighted by atomic mass is 9.94. The number of allylic oxidation sites excluding steroid dienone is 1. The van der Waals surface area contributed by atoms with Crippen LogP contribution in [0.4, 0.5) is 11.6 Å². The molecule has 1 aromatic heterocycles. The molecule has 3 aromatic rings. The number of aromatic nitrogens is 3. The van der Waals surface area contributed by atoms with Crippen molar-refractivity contribution in [3.8, 4) is 0 Å². The van der Waals surface area contributed by atoms with Gasteiger partial charge >= 0.3 is 5.97 Å². The number of hydrogen-bond donors (Lipinski definition) is 1. The summed E-state index contributed by atoms with van der Waals surface area (Å²) in [5, 5.41) is 20.5. The quantitative estimate of drug-likeness (QED) is 0.149. The van der Waals surface area contributed by atoms with Crippen LogP contribution in [-0.2, 0) is 15.3 Å². The van der Waals surface area contributed by atoms with Gasteiger partial charge in [0.2, 0.25) is 11.1 Å². The van der Waals surface area contributed by atoms with Crippen LogP contribution < -0.4 is 5.32 Å². The third-order valence-electron chi connectivity index (χ3n) is 5.13. The fourth-order valence-corrected chi connectivity index (χ4v) is 4.71. The van der Waals surface area contributed by atoms with Gasteiger partial charge in [-0.05, 0) is 24.6 Å². The van der Waals surface area contributed by atoms with Crippen LogP contribution in [0.15, 0.2) is 77.6 Å². The average Bonchev–Trinajstić information content (AvgIpc) is 3.23. The monoisotopic (exact) mass is 497 g/mol. The summed E-state index contributed by atoms with van der Waals surface area (Å²) in [7, 11) is 0. The minimum atomic E-state index is -0.905. The van der Waals surface area contributed by atoms with E-state index in [1.165, 1.54) is 28.6 Å². The largest absolute Gasteiger partial charge is 0.458 e. The number of anilines is 1. The number of esters is 1. The van der Waals surface area contributed by atoms with Crippen molar-refractivity contribution in [3.63, 3.8) is 0 Å². The van der Waals surface area contributed by atoms with Crippen molar-refractivity contribution in [2.45, 2.75) is 23.9 Å². The normalized spacial score (nSPS) is 14.8. The van der Waals surface area contributed by atoms with Crippen LogP contribution in [0.2, 0.25) is 5.02 Å². The van der Waals surface area contributed by atoms with Crippen molar-refractivity contribution >= 4 is 41.0 Å². The molecule has 2 heterocycles. The molecule has 0 saturated carbocycles. The number of ether oxygens (including phenoxy) is 1. The number of nitrogens with one attached hydrogen (secondary N) is 1. The number of nitrogens with zero attached hydrogens (tertiary/aromatic N) is 4. The predicted octanol–water partition coefficient (Wildman–Crippen LogP) is 5.15. The molecule has 0 aliphatic carbocycles. The van der Waals surface area contributed by atoms with Crippen LogP contribution >= 0.6 is 23.4 Å². The Balaban J connectivity index is 1.76. The Morgan fingerprint density at radius 3 is 2.79 bits per heavy atom. The molecular weight excluding hydrogens is 478 g/mol. The molecule has 1 unspecified atom stereocenters. The topological polar surface area (TPSA) is 112 Å². The molecule has 1 aliphatic rings. The lowest BCUT2D eigenvalue weighted by Gasteiger charge is -2.27. The van der Waals surface area contributed by atoms with Gasteiger partial charge in [-0.2, -0.15) is 4.98 Å². The highest BCUT2D eigenvalue weighted by Gasteiger charge is 2.38. The zero-order chi connectivity index (χ0) is 24.2. The zero-order valence-electron chi connectivity index (χ0n) is 18.1. The molecule has 2 aromatic carbocycles. The lowest BCUT2D eigenvalue weighted by Crippen LogP contribution is -2.30. The molecule has 34 heavy (non-hydrogen) atoms. The first-order valence-electron chi connectivity index (χ1n) is 10.2. The van der Waals surface area contributed by atoms with Crippen molar-refractivity contribution in [1.29, 1.82) is 0 Å². The van der Waals surface area contributed by atoms with Gasteiger partial charge in [-0.3, -0.25) is 10.1 Å². The first-order valence-corrected chi connectivity index (χ1v) is 11.6. The van der Waals surface area contributed by atoms with Gasteiger partial charge in [0.05, 0.1) is 16.1 Å². The van der Waals surface area contributed by atoms with Crippen molar-refractivity contribution in [1.82, 2.24) is 14.8 Å². The average molecular weight is 498 g/mol. The Bertz CT molecular complexity index is 1310. The molecule has 0 amide bonds. The molecular formula is C23H20ClN5O4S. The number of benzene rings is 2. The second-order valence-electron chi connectivity index (χ2n) is 7.31. The molecule has 9 nitrogen and oxygen atoms in total. The Labute approximate surface area is 204 Å². The number of thioether (sulfide) groups is 1. The van der Waals surface area contributed by atoms with Crippen LogP contribution in [0, 0.1) is 10.1 Å². The lowest BCUT2D eigenvalue weighted by molar-refractivity contribution is -0.385. The molecule has 11 heteroatoms. The summed E-state index contributed by atoms with van der Waals surface area (Å²) in [6.07, 6.45) is 1.45. The van der Waals surface area contributed by atoms with Crippen molar-refractivity contribution in [3.05, 3.63) is 98.7 Å². The second kappa shape index (κ2) is 10.1. The molecule has 1 N–H and O–H groups in total.